The van der Waals surface area contributed by atoms with Gasteiger partial charge in [0.05, 0.1) is 6.61 Å². The Labute approximate surface area is 268 Å². The van der Waals surface area contributed by atoms with E-state index in [0.717, 1.165) is 32.1 Å². The Morgan fingerprint density at radius 2 is 0.721 bits per heavy atom. The van der Waals surface area contributed by atoms with E-state index in [1.165, 1.54) is 154 Å². The summed E-state index contributed by atoms with van der Waals surface area (Å²) >= 11 is 0. The smallest absolute Gasteiger partial charge is 0.306 e. The Balaban J connectivity index is 3.50. The average Bonchev–Trinajstić information content (AvgIpc) is 3.01. The zero-order valence-electron chi connectivity index (χ0n) is 29.0. The summed E-state index contributed by atoms with van der Waals surface area (Å²) in [7, 11) is 0. The van der Waals surface area contributed by atoms with Gasteiger partial charge in [-0.1, -0.05) is 187 Å². The fourth-order valence-corrected chi connectivity index (χ4v) is 5.73. The molecule has 0 rings (SSSR count). The van der Waals surface area contributed by atoms with E-state index in [4.69, 9.17) is 9.47 Å². The van der Waals surface area contributed by atoms with Gasteiger partial charge in [0.2, 0.25) is 0 Å². The van der Waals surface area contributed by atoms with Gasteiger partial charge in [0.1, 0.15) is 6.61 Å². The van der Waals surface area contributed by atoms with E-state index >= 15 is 0 Å². The number of ether oxygens (including phenoxy) is 2. The van der Waals surface area contributed by atoms with Crippen LogP contribution < -0.4 is 0 Å². The molecule has 1 N–H and O–H groups in total. The maximum absolute atomic E-state index is 12.1. The van der Waals surface area contributed by atoms with E-state index in [0.29, 0.717) is 12.8 Å². The summed E-state index contributed by atoms with van der Waals surface area (Å²) in [4.78, 5) is 24.2. The number of unbranched alkanes of at least 4 members (excludes halogenated alkanes) is 27. The standard InChI is InChI=1S/C38H74O5/c1-3-5-7-9-11-13-15-17-19-21-22-24-26-28-30-32-37(40)42-35-36(34-39)43-38(41)33-31-29-27-25-23-20-18-16-14-12-10-8-6-4-2/h36,39H,3-35H2,1-2H3/t36-/m0/s1. The molecule has 0 amide bonds. The maximum atomic E-state index is 12.1. The first kappa shape index (κ1) is 41.9. The number of aliphatic hydroxyl groups is 1. The second kappa shape index (κ2) is 35.4. The van der Waals surface area contributed by atoms with Crippen molar-refractivity contribution in [2.24, 2.45) is 0 Å². The maximum Gasteiger partial charge on any atom is 0.306 e. The van der Waals surface area contributed by atoms with Gasteiger partial charge in [0.25, 0.3) is 0 Å². The minimum atomic E-state index is -0.760. The van der Waals surface area contributed by atoms with Gasteiger partial charge >= 0.3 is 11.9 Å². The normalized spacial score (nSPS) is 12.0. The highest BCUT2D eigenvalue weighted by Gasteiger charge is 2.16. The predicted molar refractivity (Wildman–Crippen MR) is 182 cm³/mol. The van der Waals surface area contributed by atoms with Crippen LogP contribution in [0.5, 0.6) is 0 Å². The fourth-order valence-electron chi connectivity index (χ4n) is 5.73. The first-order valence-corrected chi connectivity index (χ1v) is 19.1. The lowest BCUT2D eigenvalue weighted by Gasteiger charge is -2.15. The van der Waals surface area contributed by atoms with Crippen molar-refractivity contribution in [3.63, 3.8) is 0 Å². The van der Waals surface area contributed by atoms with Gasteiger partial charge in [-0.2, -0.15) is 0 Å². The first-order valence-electron chi connectivity index (χ1n) is 19.1. The Bertz CT molecular complexity index is 579. The van der Waals surface area contributed by atoms with E-state index in [2.05, 4.69) is 13.8 Å². The molecule has 1 atom stereocenters. The monoisotopic (exact) mass is 611 g/mol. The number of carbonyl (C=O) groups is 2. The number of aliphatic hydroxyl groups excluding tert-OH is 1. The molecule has 0 aliphatic heterocycles. The van der Waals surface area contributed by atoms with Crippen molar-refractivity contribution in [1.29, 1.82) is 0 Å². The SMILES string of the molecule is CCCCCCCCCCCCCCCCCC(=O)OC[C@H](CO)OC(=O)CCCCCCCCCCCCCCCC. The molecule has 5 nitrogen and oxygen atoms in total. The highest BCUT2D eigenvalue weighted by Crippen LogP contribution is 2.15. The van der Waals surface area contributed by atoms with Crippen LogP contribution in [-0.2, 0) is 19.1 Å². The van der Waals surface area contributed by atoms with Gasteiger partial charge in [-0.15, -0.1) is 0 Å². The van der Waals surface area contributed by atoms with Crippen LogP contribution in [0.4, 0.5) is 0 Å². The van der Waals surface area contributed by atoms with Gasteiger partial charge in [-0.05, 0) is 12.8 Å². The Morgan fingerprint density at radius 1 is 0.442 bits per heavy atom. The number of rotatable bonds is 35. The molecule has 0 bridgehead atoms. The molecule has 0 radical (unpaired) electrons. The molecule has 0 saturated heterocycles. The quantitative estimate of drug-likeness (QED) is 0.0571. The zero-order valence-corrected chi connectivity index (χ0v) is 29.0. The zero-order chi connectivity index (χ0) is 31.5. The number of carbonyl (C=O) groups excluding carboxylic acids is 2. The van der Waals surface area contributed by atoms with E-state index in [1.54, 1.807) is 0 Å². The molecular formula is C38H74O5. The minimum Gasteiger partial charge on any atom is -0.462 e. The van der Waals surface area contributed by atoms with Crippen LogP contribution in [0.2, 0.25) is 0 Å². The summed E-state index contributed by atoms with van der Waals surface area (Å²) in [6.45, 7) is 4.16. The fraction of sp³-hybridized carbons (Fsp3) is 0.947. The summed E-state index contributed by atoms with van der Waals surface area (Å²) in [6.07, 6.45) is 37.3. The van der Waals surface area contributed by atoms with Gasteiger partial charge in [-0.25, -0.2) is 0 Å². The van der Waals surface area contributed by atoms with Crippen molar-refractivity contribution < 1.29 is 24.2 Å². The van der Waals surface area contributed by atoms with E-state index in [-0.39, 0.29) is 25.2 Å². The second-order valence-corrected chi connectivity index (χ2v) is 13.0. The van der Waals surface area contributed by atoms with Crippen molar-refractivity contribution >= 4 is 11.9 Å². The van der Waals surface area contributed by atoms with Crippen molar-refractivity contribution in [1.82, 2.24) is 0 Å². The third-order valence-electron chi connectivity index (χ3n) is 8.65. The molecule has 0 aromatic carbocycles. The molecule has 43 heavy (non-hydrogen) atoms. The Morgan fingerprint density at radius 3 is 1.02 bits per heavy atom. The number of esters is 2. The predicted octanol–water partition coefficient (Wildman–Crippen LogP) is 11.6. The average molecular weight is 611 g/mol. The molecule has 256 valence electrons. The van der Waals surface area contributed by atoms with Gasteiger partial charge in [0.15, 0.2) is 6.10 Å². The largest absolute Gasteiger partial charge is 0.462 e. The third-order valence-corrected chi connectivity index (χ3v) is 8.65. The van der Waals surface area contributed by atoms with Crippen LogP contribution >= 0.6 is 0 Å². The molecule has 0 spiro atoms. The molecule has 0 aromatic rings. The molecule has 0 aliphatic rings. The summed E-state index contributed by atoms with van der Waals surface area (Å²) in [5.74, 6) is -0.576. The van der Waals surface area contributed by atoms with Crippen LogP contribution in [-0.4, -0.2) is 36.4 Å². The lowest BCUT2D eigenvalue weighted by atomic mass is 10.0. The third kappa shape index (κ3) is 33.6. The molecule has 0 aromatic heterocycles. The topological polar surface area (TPSA) is 72.8 Å². The summed E-state index contributed by atoms with van der Waals surface area (Å²) < 4.78 is 10.6. The van der Waals surface area contributed by atoms with Crippen LogP contribution in [0.1, 0.15) is 213 Å². The van der Waals surface area contributed by atoms with E-state index in [1.807, 2.05) is 0 Å². The van der Waals surface area contributed by atoms with Gasteiger partial charge in [0, 0.05) is 12.8 Å². The molecule has 0 unspecified atom stereocenters. The van der Waals surface area contributed by atoms with Crippen molar-refractivity contribution in [3.05, 3.63) is 0 Å². The van der Waals surface area contributed by atoms with Crippen LogP contribution in [0.3, 0.4) is 0 Å². The summed E-state index contributed by atoms with van der Waals surface area (Å²) in [5.41, 5.74) is 0. The summed E-state index contributed by atoms with van der Waals surface area (Å²) in [5, 5.41) is 9.53. The highest BCUT2D eigenvalue weighted by molar-refractivity contribution is 5.70. The van der Waals surface area contributed by atoms with Crippen molar-refractivity contribution in [2.45, 2.75) is 219 Å². The van der Waals surface area contributed by atoms with Crippen LogP contribution in [0.15, 0.2) is 0 Å². The van der Waals surface area contributed by atoms with Crippen LogP contribution in [0, 0.1) is 0 Å². The van der Waals surface area contributed by atoms with Gasteiger partial charge < -0.3 is 14.6 Å². The lowest BCUT2D eigenvalue weighted by molar-refractivity contribution is -0.161. The highest BCUT2D eigenvalue weighted by atomic mass is 16.6. The minimum absolute atomic E-state index is 0.0570. The summed E-state index contributed by atoms with van der Waals surface area (Å²) in [6, 6.07) is 0. The molecule has 0 heterocycles. The van der Waals surface area contributed by atoms with Crippen LogP contribution in [0.25, 0.3) is 0 Å². The van der Waals surface area contributed by atoms with Crippen molar-refractivity contribution in [3.8, 4) is 0 Å². The number of hydrogen-bond donors (Lipinski definition) is 1. The molecular weight excluding hydrogens is 536 g/mol. The number of hydrogen-bond acceptors (Lipinski definition) is 5. The molecule has 0 aliphatic carbocycles. The molecule has 0 saturated carbocycles. The van der Waals surface area contributed by atoms with Gasteiger partial charge in [-0.3, -0.25) is 9.59 Å². The Hall–Kier alpha value is -1.10. The van der Waals surface area contributed by atoms with E-state index in [9.17, 15) is 14.7 Å². The molecule has 5 heteroatoms. The molecule has 0 fully saturated rings. The second-order valence-electron chi connectivity index (χ2n) is 13.0. The van der Waals surface area contributed by atoms with Crippen molar-refractivity contribution in [2.75, 3.05) is 13.2 Å². The lowest BCUT2D eigenvalue weighted by Crippen LogP contribution is -2.28. The van der Waals surface area contributed by atoms with E-state index < -0.39 is 6.10 Å². The first-order chi connectivity index (χ1) is 21.1. The Kier molecular flexibility index (Phi) is 34.5.